The van der Waals surface area contributed by atoms with Crippen LogP contribution in [0.25, 0.3) is 22.3 Å². The highest BCUT2D eigenvalue weighted by Crippen LogP contribution is 2.50. The molecule has 3 N–H and O–H groups in total. The van der Waals surface area contributed by atoms with Gasteiger partial charge in [-0.1, -0.05) is 6.07 Å². The monoisotopic (exact) mass is 401 g/mol. The van der Waals surface area contributed by atoms with E-state index in [1.54, 1.807) is 18.3 Å². The van der Waals surface area contributed by atoms with Crippen LogP contribution in [0.5, 0.6) is 0 Å². The first-order valence-corrected chi connectivity index (χ1v) is 10.2. The minimum Gasteiger partial charge on any atom is -0.366 e. The summed E-state index contributed by atoms with van der Waals surface area (Å²) in [5.41, 5.74) is 10.4. The molecule has 1 saturated carbocycles. The molecule has 3 atom stereocenters. The van der Waals surface area contributed by atoms with Crippen LogP contribution >= 0.6 is 0 Å². The van der Waals surface area contributed by atoms with Crippen molar-refractivity contribution in [3.05, 3.63) is 71.4 Å². The maximum Gasteiger partial charge on any atom is 0.249 e. The molecule has 4 heterocycles. The van der Waals surface area contributed by atoms with Gasteiger partial charge in [0.15, 0.2) is 0 Å². The van der Waals surface area contributed by atoms with Crippen LogP contribution in [-0.2, 0) is 0 Å². The number of nitrogens with two attached hydrogens (primary N) is 1. The largest absolute Gasteiger partial charge is 0.366 e. The molecule has 2 bridgehead atoms. The molecule has 3 aliphatic rings. The average Bonchev–Trinajstić information content (AvgIpc) is 3.46. The summed E-state index contributed by atoms with van der Waals surface area (Å²) in [5, 5.41) is 4.40. The summed E-state index contributed by atoms with van der Waals surface area (Å²) in [7, 11) is 0. The molecule has 150 valence electrons. The van der Waals surface area contributed by atoms with Crippen molar-refractivity contribution in [2.75, 3.05) is 0 Å². The first kappa shape index (κ1) is 17.4. The average molecular weight is 401 g/mol. The highest BCUT2D eigenvalue weighted by Gasteiger charge is 2.51. The van der Waals surface area contributed by atoms with Crippen molar-refractivity contribution in [1.82, 2.24) is 20.2 Å². The Balaban J connectivity index is 1.57. The van der Waals surface area contributed by atoms with Gasteiger partial charge in [0.25, 0.3) is 0 Å². The third-order valence-corrected chi connectivity index (χ3v) is 6.64. The topological polar surface area (TPSA) is 84.1 Å². The zero-order valence-corrected chi connectivity index (χ0v) is 16.2. The van der Waals surface area contributed by atoms with Crippen molar-refractivity contribution in [2.24, 2.45) is 11.7 Å². The fourth-order valence-electron chi connectivity index (χ4n) is 5.36. The van der Waals surface area contributed by atoms with Gasteiger partial charge in [0.1, 0.15) is 12.0 Å². The van der Waals surface area contributed by atoms with Crippen LogP contribution in [0.15, 0.2) is 48.8 Å². The molecule has 1 aliphatic carbocycles. The highest BCUT2D eigenvalue weighted by atomic mass is 19.1. The Hall–Kier alpha value is -3.48. The number of halogens is 1. The van der Waals surface area contributed by atoms with Crippen LogP contribution in [0, 0.1) is 11.7 Å². The number of carbonyl (C=O) groups is 1. The summed E-state index contributed by atoms with van der Waals surface area (Å²) >= 11 is 0. The van der Waals surface area contributed by atoms with E-state index in [9.17, 15) is 9.18 Å². The van der Waals surface area contributed by atoms with E-state index in [0.717, 1.165) is 34.3 Å². The lowest BCUT2D eigenvalue weighted by molar-refractivity contribution is 0.100. The Morgan fingerprint density at radius 2 is 2.07 bits per heavy atom. The molecular weight excluding hydrogens is 381 g/mol. The summed E-state index contributed by atoms with van der Waals surface area (Å²) < 4.78 is 13.5. The minimum atomic E-state index is -0.475. The van der Waals surface area contributed by atoms with Crippen molar-refractivity contribution >= 4 is 28.2 Å². The molecule has 0 spiro atoms. The summed E-state index contributed by atoms with van der Waals surface area (Å²) in [6.07, 6.45) is 6.62. The Morgan fingerprint density at radius 3 is 2.87 bits per heavy atom. The molecule has 2 fully saturated rings. The molecule has 30 heavy (non-hydrogen) atoms. The predicted molar refractivity (Wildman–Crippen MR) is 111 cm³/mol. The zero-order valence-electron chi connectivity index (χ0n) is 16.2. The molecule has 6 nitrogen and oxygen atoms in total. The maximum atomic E-state index is 13.5. The van der Waals surface area contributed by atoms with Crippen LogP contribution in [0.2, 0.25) is 0 Å². The van der Waals surface area contributed by atoms with Crippen molar-refractivity contribution in [3.8, 4) is 0 Å². The second-order valence-corrected chi connectivity index (χ2v) is 8.26. The van der Waals surface area contributed by atoms with Crippen LogP contribution in [0.3, 0.4) is 0 Å². The molecule has 3 aromatic rings. The number of piperidine rings is 1. The van der Waals surface area contributed by atoms with Gasteiger partial charge in [0.05, 0.1) is 34.4 Å². The fourth-order valence-corrected chi connectivity index (χ4v) is 5.36. The number of amides is 1. The lowest BCUT2D eigenvalue weighted by atomic mass is 10.0. The third-order valence-electron chi connectivity index (χ3n) is 6.64. The summed E-state index contributed by atoms with van der Waals surface area (Å²) in [4.78, 5) is 23.1. The smallest absolute Gasteiger partial charge is 0.249 e. The first-order chi connectivity index (χ1) is 14.6. The number of nitrogens with one attached hydrogen (secondary N) is 1. The van der Waals surface area contributed by atoms with Crippen molar-refractivity contribution in [3.63, 3.8) is 0 Å². The number of rotatable bonds is 3. The lowest BCUT2D eigenvalue weighted by Crippen LogP contribution is -2.41. The Bertz CT molecular complexity index is 1220. The quantitative estimate of drug-likeness (QED) is 0.705. The predicted octanol–water partition coefficient (Wildman–Crippen LogP) is 3.11. The number of pyridine rings is 2. The molecule has 1 amide bonds. The molecule has 2 aromatic heterocycles. The molecule has 1 saturated heterocycles. The zero-order chi connectivity index (χ0) is 20.4. The number of aromatic nitrogens is 2. The second-order valence-electron chi connectivity index (χ2n) is 8.26. The molecule has 6 rings (SSSR count). The van der Waals surface area contributed by atoms with Gasteiger partial charge in [-0.05, 0) is 55.5 Å². The number of benzene rings is 1. The second kappa shape index (κ2) is 6.26. The number of hydrogen-bond acceptors (Lipinski definition) is 5. The number of nitrogens with zero attached hydrogens (tertiary/aromatic N) is 3. The molecule has 7 heteroatoms. The van der Waals surface area contributed by atoms with Gasteiger partial charge in [-0.15, -0.1) is 0 Å². The van der Waals surface area contributed by atoms with Crippen LogP contribution in [0.4, 0.5) is 4.39 Å². The van der Waals surface area contributed by atoms with Crippen molar-refractivity contribution in [2.45, 2.75) is 31.5 Å². The molecule has 2 aliphatic heterocycles. The van der Waals surface area contributed by atoms with Crippen molar-refractivity contribution < 1.29 is 9.18 Å². The van der Waals surface area contributed by atoms with Crippen LogP contribution < -0.4 is 11.1 Å². The highest BCUT2D eigenvalue weighted by molar-refractivity contribution is 6.06. The lowest BCUT2D eigenvalue weighted by Gasteiger charge is -2.33. The molecular formula is C23H20FN5O. The molecule has 1 aromatic carbocycles. The van der Waals surface area contributed by atoms with E-state index in [2.05, 4.69) is 20.2 Å². The van der Waals surface area contributed by atoms with Gasteiger partial charge in [-0.3, -0.25) is 14.8 Å². The van der Waals surface area contributed by atoms with Gasteiger partial charge < -0.3 is 16.0 Å². The standard InChI is InChI=1S/C23H20FN5O/c24-14-3-6-19(27-11-14)20-21(29-15-4-1-13(9-15)23(29)28-20)12-2-5-18-17(10-12)16(22(25)30)7-8-26-18/h2-3,5-8,10-11,13,15,23,28H,1,4,9H2,(H2,25,30). The van der Waals surface area contributed by atoms with E-state index >= 15 is 0 Å². The summed E-state index contributed by atoms with van der Waals surface area (Å²) in [5.74, 6) is -0.245. The fraction of sp³-hybridized carbons (Fsp3) is 0.261. The van der Waals surface area contributed by atoms with Crippen molar-refractivity contribution in [1.29, 1.82) is 0 Å². The summed E-state index contributed by atoms with van der Waals surface area (Å²) in [6, 6.07) is 11.2. The molecule has 0 radical (unpaired) electrons. The Labute approximate surface area is 172 Å². The van der Waals surface area contributed by atoms with Gasteiger partial charge in [-0.25, -0.2) is 4.39 Å². The number of hydrogen-bond donors (Lipinski definition) is 2. The van der Waals surface area contributed by atoms with Crippen LogP contribution in [-0.4, -0.2) is 33.0 Å². The number of primary amides is 1. The normalized spacial score (nSPS) is 24.4. The maximum absolute atomic E-state index is 13.5. The molecule has 3 unspecified atom stereocenters. The number of carbonyl (C=O) groups excluding carboxylic acids is 1. The van der Waals surface area contributed by atoms with Gasteiger partial charge >= 0.3 is 0 Å². The summed E-state index contributed by atoms with van der Waals surface area (Å²) in [6.45, 7) is 0. The van der Waals surface area contributed by atoms with E-state index in [1.165, 1.54) is 25.1 Å². The van der Waals surface area contributed by atoms with Crippen LogP contribution in [0.1, 0.15) is 40.9 Å². The van der Waals surface area contributed by atoms with E-state index in [1.807, 2.05) is 18.2 Å². The van der Waals surface area contributed by atoms with Gasteiger partial charge in [0.2, 0.25) is 5.91 Å². The van der Waals surface area contributed by atoms with E-state index in [4.69, 9.17) is 5.73 Å². The van der Waals surface area contributed by atoms with E-state index in [-0.39, 0.29) is 12.0 Å². The minimum absolute atomic E-state index is 0.223. The SMILES string of the molecule is NC(=O)c1ccnc2ccc(C3=C(c4ccc(F)cn4)NC4C5CCC(C5)N34)cc12. The first-order valence-electron chi connectivity index (χ1n) is 10.2. The Kier molecular flexibility index (Phi) is 3.63. The van der Waals surface area contributed by atoms with E-state index in [0.29, 0.717) is 23.2 Å². The van der Waals surface area contributed by atoms with Gasteiger partial charge in [-0.2, -0.15) is 0 Å². The van der Waals surface area contributed by atoms with E-state index < -0.39 is 5.91 Å². The number of fused-ring (bicyclic) bond motifs is 6. The third kappa shape index (κ3) is 2.44. The van der Waals surface area contributed by atoms with Gasteiger partial charge in [0, 0.05) is 23.2 Å². The Morgan fingerprint density at radius 1 is 1.17 bits per heavy atom.